The summed E-state index contributed by atoms with van der Waals surface area (Å²) in [6.07, 6.45) is 3.34. The van der Waals surface area contributed by atoms with Crippen molar-refractivity contribution in [3.63, 3.8) is 0 Å². The molecule has 3 heteroatoms. The highest BCUT2D eigenvalue weighted by molar-refractivity contribution is 6.02. The summed E-state index contributed by atoms with van der Waals surface area (Å²) in [6, 6.07) is 5.80. The molecule has 2 rings (SSSR count). The Hall–Kier alpha value is -1.77. The summed E-state index contributed by atoms with van der Waals surface area (Å²) < 4.78 is 5.35. The van der Waals surface area contributed by atoms with Crippen molar-refractivity contribution in [1.82, 2.24) is 0 Å². The highest BCUT2D eigenvalue weighted by Crippen LogP contribution is 2.34. The number of carbonyl (C=O) groups excluding carboxylic acids is 1. The Morgan fingerprint density at radius 2 is 2.00 bits per heavy atom. The summed E-state index contributed by atoms with van der Waals surface area (Å²) in [5, 5.41) is 0. The normalized spacial score (nSPS) is 15.7. The molecule has 0 unspecified atom stereocenters. The minimum absolute atomic E-state index is 0.0491. The summed E-state index contributed by atoms with van der Waals surface area (Å²) in [5.41, 5.74) is 3.38. The van der Waals surface area contributed by atoms with Gasteiger partial charge in [-0.1, -0.05) is 38.5 Å². The van der Waals surface area contributed by atoms with Gasteiger partial charge in [0.05, 0.1) is 18.4 Å². The van der Waals surface area contributed by atoms with E-state index < -0.39 is 0 Å². The topological polar surface area (TPSA) is 29.5 Å². The number of carbonyl (C=O) groups is 1. The highest BCUT2D eigenvalue weighted by atomic mass is 16.5. The lowest BCUT2D eigenvalue weighted by molar-refractivity contribution is 0.101. The molecule has 1 aromatic rings. The molecule has 0 aliphatic carbocycles. The molecule has 1 aliphatic rings. The van der Waals surface area contributed by atoms with Gasteiger partial charge in [0.15, 0.2) is 5.78 Å². The molecule has 3 nitrogen and oxygen atoms in total. The van der Waals surface area contributed by atoms with Gasteiger partial charge in [-0.2, -0.15) is 0 Å². The van der Waals surface area contributed by atoms with Crippen LogP contribution in [0.1, 0.15) is 44.5 Å². The fourth-order valence-corrected chi connectivity index (χ4v) is 2.88. The number of methoxy groups -OCH3 is 1. The molecular formula is C18H25NO2. The average molecular weight is 287 g/mol. The van der Waals surface area contributed by atoms with Crippen molar-refractivity contribution in [2.24, 2.45) is 5.41 Å². The van der Waals surface area contributed by atoms with E-state index in [4.69, 9.17) is 4.74 Å². The first-order chi connectivity index (χ1) is 9.84. The van der Waals surface area contributed by atoms with Crippen LogP contribution < -0.4 is 9.64 Å². The van der Waals surface area contributed by atoms with E-state index in [1.807, 2.05) is 18.2 Å². The Kier molecular flexibility index (Phi) is 4.40. The van der Waals surface area contributed by atoms with Crippen LogP contribution in [0.4, 0.5) is 5.69 Å². The maximum atomic E-state index is 12.0. The van der Waals surface area contributed by atoms with E-state index in [1.54, 1.807) is 14.0 Å². The second-order valence-corrected chi connectivity index (χ2v) is 6.59. The zero-order valence-electron chi connectivity index (χ0n) is 13.7. The minimum atomic E-state index is 0.0491. The zero-order valence-corrected chi connectivity index (χ0v) is 13.7. The fourth-order valence-electron chi connectivity index (χ4n) is 2.88. The van der Waals surface area contributed by atoms with Crippen molar-refractivity contribution in [3.05, 3.63) is 35.4 Å². The molecule has 1 aliphatic heterocycles. The number of benzene rings is 1. The van der Waals surface area contributed by atoms with Crippen molar-refractivity contribution in [1.29, 1.82) is 0 Å². The lowest BCUT2D eigenvalue weighted by Gasteiger charge is -2.34. The maximum absolute atomic E-state index is 12.0. The number of hydrogen-bond acceptors (Lipinski definition) is 3. The summed E-state index contributed by atoms with van der Waals surface area (Å²) in [7, 11) is 1.61. The SMILES string of the molecule is COc1cccc(N2CC=C(C(C)(C)C)CC2)c1C(C)=O. The Morgan fingerprint density at radius 1 is 1.29 bits per heavy atom. The molecule has 1 aromatic carbocycles. The van der Waals surface area contributed by atoms with E-state index in [2.05, 4.69) is 31.7 Å². The Morgan fingerprint density at radius 3 is 2.48 bits per heavy atom. The molecule has 0 N–H and O–H groups in total. The van der Waals surface area contributed by atoms with Gasteiger partial charge in [0.1, 0.15) is 5.75 Å². The number of anilines is 1. The number of Topliss-reactive ketones (excluding diaryl/α,β-unsaturated/α-hetero) is 1. The van der Waals surface area contributed by atoms with Crippen molar-refractivity contribution >= 4 is 11.5 Å². The highest BCUT2D eigenvalue weighted by Gasteiger charge is 2.24. The van der Waals surface area contributed by atoms with E-state index in [9.17, 15) is 4.79 Å². The van der Waals surface area contributed by atoms with Gasteiger partial charge in [0, 0.05) is 13.1 Å². The summed E-state index contributed by atoms with van der Waals surface area (Å²) in [5.74, 6) is 0.707. The lowest BCUT2D eigenvalue weighted by Crippen LogP contribution is -2.32. The van der Waals surface area contributed by atoms with Gasteiger partial charge in [-0.25, -0.2) is 0 Å². The van der Waals surface area contributed by atoms with E-state index in [0.717, 1.165) is 25.2 Å². The first-order valence-electron chi connectivity index (χ1n) is 7.47. The Bertz CT molecular complexity index is 567. The second-order valence-electron chi connectivity index (χ2n) is 6.59. The van der Waals surface area contributed by atoms with Gasteiger partial charge in [0.2, 0.25) is 0 Å². The van der Waals surface area contributed by atoms with Crippen LogP contribution in [0, 0.1) is 5.41 Å². The van der Waals surface area contributed by atoms with Crippen LogP contribution in [0.25, 0.3) is 0 Å². The maximum Gasteiger partial charge on any atom is 0.165 e. The first kappa shape index (κ1) is 15.6. The predicted molar refractivity (Wildman–Crippen MR) is 87.4 cm³/mol. The molecule has 0 saturated heterocycles. The number of rotatable bonds is 3. The van der Waals surface area contributed by atoms with Crippen molar-refractivity contribution in [3.8, 4) is 5.75 Å². The standard InChI is InChI=1S/C18H25NO2/c1-13(20)17-15(7-6-8-16(17)21-5)19-11-9-14(10-12-19)18(2,3)4/h6-9H,10-12H2,1-5H3. The van der Waals surface area contributed by atoms with Crippen LogP contribution in [0.5, 0.6) is 5.75 Å². The number of nitrogens with zero attached hydrogens (tertiary/aromatic N) is 1. The average Bonchev–Trinajstić information content (AvgIpc) is 2.45. The van der Waals surface area contributed by atoms with Gasteiger partial charge in [-0.15, -0.1) is 0 Å². The minimum Gasteiger partial charge on any atom is -0.496 e. The van der Waals surface area contributed by atoms with Crippen molar-refractivity contribution < 1.29 is 9.53 Å². The molecule has 1 heterocycles. The lowest BCUT2D eigenvalue weighted by atomic mass is 9.83. The second kappa shape index (κ2) is 5.92. The third-order valence-electron chi connectivity index (χ3n) is 4.09. The summed E-state index contributed by atoms with van der Waals surface area (Å²) in [4.78, 5) is 14.2. The van der Waals surface area contributed by atoms with Gasteiger partial charge >= 0.3 is 0 Å². The molecule has 0 aromatic heterocycles. The van der Waals surface area contributed by atoms with Gasteiger partial charge < -0.3 is 9.64 Å². The first-order valence-corrected chi connectivity index (χ1v) is 7.47. The predicted octanol–water partition coefficient (Wildman–Crippen LogP) is 4.08. The molecular weight excluding hydrogens is 262 g/mol. The van der Waals surface area contributed by atoms with Gasteiger partial charge in [-0.05, 0) is 30.9 Å². The molecule has 0 fully saturated rings. The van der Waals surface area contributed by atoms with E-state index >= 15 is 0 Å². The van der Waals surface area contributed by atoms with Gasteiger partial charge in [0.25, 0.3) is 0 Å². The fraction of sp³-hybridized carbons (Fsp3) is 0.500. The smallest absolute Gasteiger partial charge is 0.165 e. The number of ketones is 1. The molecule has 0 atom stereocenters. The Balaban J connectivity index is 2.33. The quantitative estimate of drug-likeness (QED) is 0.619. The third-order valence-corrected chi connectivity index (χ3v) is 4.09. The number of hydrogen-bond donors (Lipinski definition) is 0. The van der Waals surface area contributed by atoms with E-state index in [-0.39, 0.29) is 11.2 Å². The molecule has 21 heavy (non-hydrogen) atoms. The molecule has 0 radical (unpaired) electrons. The van der Waals surface area contributed by atoms with Crippen LogP contribution in [0.2, 0.25) is 0 Å². The van der Waals surface area contributed by atoms with Crippen molar-refractivity contribution in [2.45, 2.75) is 34.1 Å². The molecule has 0 amide bonds. The number of ether oxygens (including phenoxy) is 1. The largest absolute Gasteiger partial charge is 0.496 e. The van der Waals surface area contributed by atoms with Crippen molar-refractivity contribution in [2.75, 3.05) is 25.1 Å². The third kappa shape index (κ3) is 3.29. The Labute approximate surface area is 127 Å². The van der Waals surface area contributed by atoms with Crippen LogP contribution >= 0.6 is 0 Å². The summed E-state index contributed by atoms with van der Waals surface area (Å²) >= 11 is 0. The summed E-state index contributed by atoms with van der Waals surface area (Å²) in [6.45, 7) is 10.1. The molecule has 0 bridgehead atoms. The van der Waals surface area contributed by atoms with E-state index in [0.29, 0.717) is 11.3 Å². The van der Waals surface area contributed by atoms with Crippen LogP contribution in [-0.4, -0.2) is 26.0 Å². The van der Waals surface area contributed by atoms with Gasteiger partial charge in [-0.3, -0.25) is 4.79 Å². The van der Waals surface area contributed by atoms with Crippen LogP contribution in [0.15, 0.2) is 29.8 Å². The van der Waals surface area contributed by atoms with Crippen LogP contribution in [-0.2, 0) is 0 Å². The molecule has 0 spiro atoms. The van der Waals surface area contributed by atoms with E-state index in [1.165, 1.54) is 5.57 Å². The zero-order chi connectivity index (χ0) is 15.6. The van der Waals surface area contributed by atoms with Crippen LogP contribution in [0.3, 0.4) is 0 Å². The molecule has 0 saturated carbocycles. The molecule has 114 valence electrons. The monoisotopic (exact) mass is 287 g/mol.